The Morgan fingerprint density at radius 2 is 1.96 bits per heavy atom. The van der Waals surface area contributed by atoms with E-state index in [1.54, 1.807) is 0 Å². The number of nitrogens with one attached hydrogen (secondary N) is 1. The molecular formula is C17H19F3N4OS. The molecule has 0 aliphatic heterocycles. The van der Waals surface area contributed by atoms with Gasteiger partial charge in [0.25, 0.3) is 5.91 Å². The second kappa shape index (κ2) is 7.71. The summed E-state index contributed by atoms with van der Waals surface area (Å²) in [5.74, 6) is -0.372. The molecule has 26 heavy (non-hydrogen) atoms. The van der Waals surface area contributed by atoms with E-state index >= 15 is 0 Å². The van der Waals surface area contributed by atoms with Crippen LogP contribution in [0.2, 0.25) is 0 Å². The highest BCUT2D eigenvalue weighted by atomic mass is 32.1. The third kappa shape index (κ3) is 5.50. The van der Waals surface area contributed by atoms with E-state index in [1.165, 1.54) is 4.90 Å². The molecule has 1 aromatic carbocycles. The lowest BCUT2D eigenvalue weighted by atomic mass is 10.1. The number of hydrogen-bond acceptors (Lipinski definition) is 5. The highest BCUT2D eigenvalue weighted by Gasteiger charge is 2.38. The highest BCUT2D eigenvalue weighted by Crippen LogP contribution is 2.31. The zero-order chi connectivity index (χ0) is 18.7. The largest absolute Gasteiger partial charge is 0.401 e. The van der Waals surface area contributed by atoms with Gasteiger partial charge in [0.1, 0.15) is 5.01 Å². The van der Waals surface area contributed by atoms with Gasteiger partial charge in [-0.2, -0.15) is 13.2 Å². The summed E-state index contributed by atoms with van der Waals surface area (Å²) in [5, 5.41) is 11.0. The third-order valence-electron chi connectivity index (χ3n) is 4.02. The Morgan fingerprint density at radius 3 is 2.58 bits per heavy atom. The molecule has 1 heterocycles. The summed E-state index contributed by atoms with van der Waals surface area (Å²) in [4.78, 5) is 13.5. The predicted octanol–water partition coefficient (Wildman–Crippen LogP) is 3.30. The minimum Gasteiger partial charge on any atom is -0.346 e. The summed E-state index contributed by atoms with van der Waals surface area (Å²) < 4.78 is 38.0. The monoisotopic (exact) mass is 384 g/mol. The van der Waals surface area contributed by atoms with Gasteiger partial charge in [0.2, 0.25) is 5.01 Å². The Bertz CT molecular complexity index is 756. The van der Waals surface area contributed by atoms with Gasteiger partial charge in [-0.15, -0.1) is 10.2 Å². The fourth-order valence-corrected chi connectivity index (χ4v) is 3.31. The molecule has 0 bridgehead atoms. The number of hydrogen-bond donors (Lipinski definition) is 1. The Morgan fingerprint density at radius 1 is 1.27 bits per heavy atom. The third-order valence-corrected chi connectivity index (χ3v) is 4.93. The molecule has 1 fully saturated rings. The molecule has 0 saturated heterocycles. The maximum absolute atomic E-state index is 12.7. The molecule has 1 N–H and O–H groups in total. The van der Waals surface area contributed by atoms with Gasteiger partial charge in [0, 0.05) is 12.6 Å². The van der Waals surface area contributed by atoms with Gasteiger partial charge < -0.3 is 5.32 Å². The first-order chi connectivity index (χ1) is 12.3. The number of aryl methyl sites for hydroxylation is 1. The molecule has 0 unspecified atom stereocenters. The molecule has 1 amide bonds. The minimum atomic E-state index is -4.25. The Balaban J connectivity index is 1.56. The van der Waals surface area contributed by atoms with Crippen molar-refractivity contribution in [2.24, 2.45) is 0 Å². The normalized spacial score (nSPS) is 14.7. The Labute approximate surface area is 153 Å². The zero-order valence-corrected chi connectivity index (χ0v) is 15.0. The smallest absolute Gasteiger partial charge is 0.346 e. The number of alkyl halides is 3. The van der Waals surface area contributed by atoms with Crippen molar-refractivity contribution in [2.45, 2.75) is 45.1 Å². The van der Waals surface area contributed by atoms with E-state index in [-0.39, 0.29) is 23.5 Å². The SMILES string of the molecule is Cc1ccc(CNC(=O)c2nnc(CN(CC(F)(F)F)C3CC3)s2)cc1. The molecule has 9 heteroatoms. The molecule has 1 aliphatic rings. The molecule has 3 rings (SSSR count). The number of aromatic nitrogens is 2. The van der Waals surface area contributed by atoms with Crippen molar-refractivity contribution in [2.75, 3.05) is 6.54 Å². The van der Waals surface area contributed by atoms with E-state index in [4.69, 9.17) is 0 Å². The average molecular weight is 384 g/mol. The molecule has 2 aromatic rings. The fourth-order valence-electron chi connectivity index (χ4n) is 2.53. The first-order valence-electron chi connectivity index (χ1n) is 8.27. The molecule has 1 aromatic heterocycles. The molecule has 140 valence electrons. The number of carbonyl (C=O) groups is 1. The van der Waals surface area contributed by atoms with E-state index < -0.39 is 12.7 Å². The maximum atomic E-state index is 12.7. The summed E-state index contributed by atoms with van der Waals surface area (Å²) in [6, 6.07) is 7.70. The summed E-state index contributed by atoms with van der Waals surface area (Å²) in [6.07, 6.45) is -2.72. The van der Waals surface area contributed by atoms with Crippen LogP contribution in [0.5, 0.6) is 0 Å². The number of halogens is 3. The van der Waals surface area contributed by atoms with Crippen LogP contribution in [0.25, 0.3) is 0 Å². The van der Waals surface area contributed by atoms with Crippen molar-refractivity contribution < 1.29 is 18.0 Å². The van der Waals surface area contributed by atoms with Gasteiger partial charge in [-0.3, -0.25) is 9.69 Å². The molecule has 0 spiro atoms. The van der Waals surface area contributed by atoms with Crippen molar-refractivity contribution in [3.05, 3.63) is 45.4 Å². The summed E-state index contributed by atoms with van der Waals surface area (Å²) >= 11 is 1.03. The first-order valence-corrected chi connectivity index (χ1v) is 9.09. The van der Waals surface area contributed by atoms with Gasteiger partial charge >= 0.3 is 6.18 Å². The lowest BCUT2D eigenvalue weighted by Crippen LogP contribution is -2.35. The average Bonchev–Trinajstić information content (AvgIpc) is 3.32. The van der Waals surface area contributed by atoms with Gasteiger partial charge in [-0.25, -0.2) is 0 Å². The zero-order valence-electron chi connectivity index (χ0n) is 14.2. The van der Waals surface area contributed by atoms with Crippen LogP contribution in [0.4, 0.5) is 13.2 Å². The molecule has 1 saturated carbocycles. The van der Waals surface area contributed by atoms with Crippen LogP contribution in [0.3, 0.4) is 0 Å². The lowest BCUT2D eigenvalue weighted by molar-refractivity contribution is -0.148. The van der Waals surface area contributed by atoms with Crippen LogP contribution in [0.1, 0.15) is 38.8 Å². The number of carbonyl (C=O) groups excluding carboxylic acids is 1. The topological polar surface area (TPSA) is 58.1 Å². The number of benzene rings is 1. The lowest BCUT2D eigenvalue weighted by Gasteiger charge is -2.21. The van der Waals surface area contributed by atoms with Crippen LogP contribution in [-0.2, 0) is 13.1 Å². The van der Waals surface area contributed by atoms with E-state index in [0.29, 0.717) is 11.6 Å². The molecule has 5 nitrogen and oxygen atoms in total. The van der Waals surface area contributed by atoms with Crippen molar-refractivity contribution in [3.63, 3.8) is 0 Å². The van der Waals surface area contributed by atoms with Gasteiger partial charge in [-0.05, 0) is 25.3 Å². The van der Waals surface area contributed by atoms with Crippen molar-refractivity contribution >= 4 is 17.2 Å². The quantitative estimate of drug-likeness (QED) is 0.796. The first kappa shape index (κ1) is 18.8. The Kier molecular flexibility index (Phi) is 5.57. The van der Waals surface area contributed by atoms with E-state index in [9.17, 15) is 18.0 Å². The number of amides is 1. The van der Waals surface area contributed by atoms with Crippen molar-refractivity contribution in [3.8, 4) is 0 Å². The predicted molar refractivity (Wildman–Crippen MR) is 91.7 cm³/mol. The molecule has 0 atom stereocenters. The van der Waals surface area contributed by atoms with E-state index in [0.717, 1.165) is 35.3 Å². The molecule has 0 radical (unpaired) electrons. The van der Waals surface area contributed by atoms with Crippen molar-refractivity contribution in [1.82, 2.24) is 20.4 Å². The summed E-state index contributed by atoms with van der Waals surface area (Å²) in [7, 11) is 0. The highest BCUT2D eigenvalue weighted by molar-refractivity contribution is 7.13. The van der Waals surface area contributed by atoms with Gasteiger partial charge in [-0.1, -0.05) is 41.2 Å². The van der Waals surface area contributed by atoms with Crippen LogP contribution in [0, 0.1) is 6.92 Å². The van der Waals surface area contributed by atoms with Crippen molar-refractivity contribution in [1.29, 1.82) is 0 Å². The molecular weight excluding hydrogens is 365 g/mol. The summed E-state index contributed by atoms with van der Waals surface area (Å²) in [6.45, 7) is 1.43. The summed E-state index contributed by atoms with van der Waals surface area (Å²) in [5.41, 5.74) is 2.09. The molecule has 1 aliphatic carbocycles. The van der Waals surface area contributed by atoms with Crippen LogP contribution >= 0.6 is 11.3 Å². The second-order valence-electron chi connectivity index (χ2n) is 6.42. The number of rotatable bonds is 7. The van der Waals surface area contributed by atoms with Gasteiger partial charge in [0.05, 0.1) is 13.1 Å². The maximum Gasteiger partial charge on any atom is 0.401 e. The number of nitrogens with zero attached hydrogens (tertiary/aromatic N) is 3. The standard InChI is InChI=1S/C17H19F3N4OS/c1-11-2-4-12(5-3-11)8-21-15(25)16-23-22-14(26-16)9-24(13-6-7-13)10-17(18,19)20/h2-5,13H,6-10H2,1H3,(H,21,25). The fraction of sp³-hybridized carbons (Fsp3) is 0.471. The van der Waals surface area contributed by atoms with Crippen LogP contribution in [-0.4, -0.2) is 39.8 Å². The van der Waals surface area contributed by atoms with E-state index in [2.05, 4.69) is 15.5 Å². The minimum absolute atomic E-state index is 0.0562. The van der Waals surface area contributed by atoms with Crippen LogP contribution in [0.15, 0.2) is 24.3 Å². The Hall–Kier alpha value is -2.00. The second-order valence-corrected chi connectivity index (χ2v) is 7.48. The van der Waals surface area contributed by atoms with Crippen LogP contribution < -0.4 is 5.32 Å². The van der Waals surface area contributed by atoms with Gasteiger partial charge in [0.15, 0.2) is 0 Å². The van der Waals surface area contributed by atoms with E-state index in [1.807, 2.05) is 31.2 Å².